The van der Waals surface area contributed by atoms with Gasteiger partial charge in [0.15, 0.2) is 0 Å². The molecular weight excluding hydrogens is 212 g/mol. The first-order valence-corrected chi connectivity index (χ1v) is 5.11. The van der Waals surface area contributed by atoms with Gasteiger partial charge in [-0.15, -0.1) is 0 Å². The minimum absolute atomic E-state index is 0.139. The highest BCUT2D eigenvalue weighted by Gasteiger charge is 1.98. The molecule has 0 spiro atoms. The van der Waals surface area contributed by atoms with Crippen LogP contribution in [0.25, 0.3) is 0 Å². The average Bonchev–Trinajstić information content (AvgIpc) is 2.22. The number of carbonyl (C=O) groups is 1. The summed E-state index contributed by atoms with van der Waals surface area (Å²) in [5.41, 5.74) is -0.567. The summed E-state index contributed by atoms with van der Waals surface area (Å²) >= 11 is 0. The Morgan fingerprint density at radius 3 is 2.69 bits per heavy atom. The highest BCUT2D eigenvalue weighted by molar-refractivity contribution is 5.66. The van der Waals surface area contributed by atoms with E-state index in [1.165, 1.54) is 16.8 Å². The fraction of sp³-hybridized carbons (Fsp3) is 0.500. The van der Waals surface area contributed by atoms with E-state index in [1.807, 2.05) is 0 Å². The molecule has 0 aliphatic rings. The zero-order valence-corrected chi connectivity index (χ0v) is 8.81. The molecule has 0 fully saturated rings. The zero-order valence-electron chi connectivity index (χ0n) is 8.81. The maximum Gasteiger partial charge on any atom is 0.303 e. The van der Waals surface area contributed by atoms with E-state index < -0.39 is 5.97 Å². The number of rotatable bonds is 6. The van der Waals surface area contributed by atoms with Crippen LogP contribution in [0.3, 0.4) is 0 Å². The van der Waals surface area contributed by atoms with Crippen molar-refractivity contribution in [3.8, 4) is 0 Å². The number of unbranched alkanes of at least 4 members (excludes halogenated alkanes) is 2. The van der Waals surface area contributed by atoms with Crippen LogP contribution in [0.15, 0.2) is 21.7 Å². The van der Waals surface area contributed by atoms with Crippen LogP contribution >= 0.6 is 0 Å². The Morgan fingerprint density at radius 1 is 1.25 bits per heavy atom. The van der Waals surface area contributed by atoms with E-state index in [0.29, 0.717) is 19.4 Å². The van der Waals surface area contributed by atoms with E-state index >= 15 is 0 Å². The topological polar surface area (TPSA) is 92.2 Å². The van der Waals surface area contributed by atoms with Gasteiger partial charge in [-0.3, -0.25) is 24.2 Å². The van der Waals surface area contributed by atoms with E-state index in [0.717, 1.165) is 6.42 Å². The summed E-state index contributed by atoms with van der Waals surface area (Å²) in [6, 6.07) is 2.40. The smallest absolute Gasteiger partial charge is 0.303 e. The number of aryl methyl sites for hydroxylation is 1. The number of aromatic nitrogens is 2. The molecule has 0 aromatic carbocycles. The van der Waals surface area contributed by atoms with Crippen molar-refractivity contribution >= 4 is 5.97 Å². The third-order valence-corrected chi connectivity index (χ3v) is 2.16. The number of H-pyrrole nitrogens is 1. The maximum atomic E-state index is 11.2. The number of nitrogens with zero attached hydrogens (tertiary/aromatic N) is 1. The van der Waals surface area contributed by atoms with Gasteiger partial charge in [-0.1, -0.05) is 6.42 Å². The molecule has 0 amide bonds. The standard InChI is InChI=1S/C10H14N2O4/c13-8-5-6-9(14)12(11-8)7-3-1-2-4-10(15)16/h5-6H,1-4,7H2,(H,11,13)(H,15,16). The molecule has 0 aliphatic heterocycles. The van der Waals surface area contributed by atoms with Crippen molar-refractivity contribution in [2.45, 2.75) is 32.2 Å². The Bertz CT molecular complexity index is 460. The van der Waals surface area contributed by atoms with Gasteiger partial charge in [-0.25, -0.2) is 0 Å². The fourth-order valence-corrected chi connectivity index (χ4v) is 1.35. The molecule has 0 atom stereocenters. The lowest BCUT2D eigenvalue weighted by Crippen LogP contribution is -2.27. The van der Waals surface area contributed by atoms with Crippen LogP contribution < -0.4 is 11.1 Å². The fourth-order valence-electron chi connectivity index (χ4n) is 1.35. The number of nitrogens with one attached hydrogen (secondary N) is 1. The number of hydrogen-bond acceptors (Lipinski definition) is 3. The molecule has 1 heterocycles. The lowest BCUT2D eigenvalue weighted by atomic mass is 10.2. The summed E-state index contributed by atoms with van der Waals surface area (Å²) in [5, 5.41) is 10.8. The SMILES string of the molecule is O=C(O)CCCCCn1[nH]c(=O)ccc1=O. The second-order valence-corrected chi connectivity index (χ2v) is 3.50. The summed E-state index contributed by atoms with van der Waals surface area (Å²) in [5.74, 6) is -0.815. The van der Waals surface area contributed by atoms with Crippen LogP contribution in [-0.2, 0) is 11.3 Å². The van der Waals surface area contributed by atoms with Gasteiger partial charge in [-0.05, 0) is 12.8 Å². The molecule has 1 aromatic heterocycles. The van der Waals surface area contributed by atoms with Crippen molar-refractivity contribution in [1.82, 2.24) is 9.78 Å². The van der Waals surface area contributed by atoms with Gasteiger partial charge in [0.2, 0.25) is 0 Å². The number of hydrogen-bond donors (Lipinski definition) is 2. The summed E-state index contributed by atoms with van der Waals surface area (Å²) in [7, 11) is 0. The van der Waals surface area contributed by atoms with Crippen molar-refractivity contribution in [2.24, 2.45) is 0 Å². The van der Waals surface area contributed by atoms with Crippen LogP contribution in [0.4, 0.5) is 0 Å². The third-order valence-electron chi connectivity index (χ3n) is 2.16. The van der Waals surface area contributed by atoms with Crippen LogP contribution in [0.2, 0.25) is 0 Å². The Balaban J connectivity index is 2.37. The lowest BCUT2D eigenvalue weighted by molar-refractivity contribution is -0.137. The quantitative estimate of drug-likeness (QED) is 0.677. The Morgan fingerprint density at radius 2 is 2.00 bits per heavy atom. The van der Waals surface area contributed by atoms with Crippen LogP contribution in [-0.4, -0.2) is 20.9 Å². The van der Waals surface area contributed by atoms with E-state index in [-0.39, 0.29) is 17.5 Å². The first-order valence-electron chi connectivity index (χ1n) is 5.11. The normalized spacial score (nSPS) is 10.2. The summed E-state index contributed by atoms with van der Waals surface area (Å²) in [6.07, 6.45) is 2.12. The predicted molar refractivity (Wildman–Crippen MR) is 57.4 cm³/mol. The second kappa shape index (κ2) is 5.89. The number of aromatic amines is 1. The zero-order chi connectivity index (χ0) is 12.0. The molecule has 0 saturated carbocycles. The van der Waals surface area contributed by atoms with E-state index in [4.69, 9.17) is 5.11 Å². The molecule has 0 bridgehead atoms. The van der Waals surface area contributed by atoms with Crippen molar-refractivity contribution in [1.29, 1.82) is 0 Å². The molecule has 16 heavy (non-hydrogen) atoms. The van der Waals surface area contributed by atoms with Gasteiger partial charge < -0.3 is 5.11 Å². The molecule has 0 saturated heterocycles. The van der Waals surface area contributed by atoms with Gasteiger partial charge in [0.05, 0.1) is 0 Å². The van der Waals surface area contributed by atoms with Gasteiger partial charge in [0.1, 0.15) is 0 Å². The van der Waals surface area contributed by atoms with E-state index in [1.54, 1.807) is 0 Å². The Hall–Kier alpha value is -1.85. The molecule has 1 aromatic rings. The Labute approximate surface area is 91.5 Å². The van der Waals surface area contributed by atoms with Crippen molar-refractivity contribution in [3.63, 3.8) is 0 Å². The molecule has 6 nitrogen and oxygen atoms in total. The first kappa shape index (κ1) is 12.2. The maximum absolute atomic E-state index is 11.2. The highest BCUT2D eigenvalue weighted by atomic mass is 16.4. The van der Waals surface area contributed by atoms with Crippen LogP contribution in [0.1, 0.15) is 25.7 Å². The number of carboxylic acid groups (broad SMARTS) is 1. The van der Waals surface area contributed by atoms with Crippen LogP contribution in [0, 0.1) is 0 Å². The molecule has 1 rings (SSSR count). The minimum Gasteiger partial charge on any atom is -0.481 e. The van der Waals surface area contributed by atoms with Crippen molar-refractivity contribution in [3.05, 3.63) is 32.8 Å². The third kappa shape index (κ3) is 4.12. The molecule has 0 radical (unpaired) electrons. The van der Waals surface area contributed by atoms with E-state index in [2.05, 4.69) is 5.10 Å². The average molecular weight is 226 g/mol. The molecule has 2 N–H and O–H groups in total. The van der Waals surface area contributed by atoms with Gasteiger partial charge in [0, 0.05) is 25.1 Å². The van der Waals surface area contributed by atoms with Gasteiger partial charge in [-0.2, -0.15) is 0 Å². The highest BCUT2D eigenvalue weighted by Crippen LogP contribution is 2.00. The minimum atomic E-state index is -0.815. The van der Waals surface area contributed by atoms with Crippen molar-refractivity contribution in [2.75, 3.05) is 0 Å². The molecular formula is C10H14N2O4. The summed E-state index contributed by atoms with van der Waals surface area (Å²) in [4.78, 5) is 32.4. The number of aliphatic carboxylic acids is 1. The number of carboxylic acids is 1. The van der Waals surface area contributed by atoms with Crippen LogP contribution in [0.5, 0.6) is 0 Å². The lowest BCUT2D eigenvalue weighted by Gasteiger charge is -2.03. The van der Waals surface area contributed by atoms with Crippen molar-refractivity contribution < 1.29 is 9.90 Å². The summed E-state index contributed by atoms with van der Waals surface area (Å²) < 4.78 is 1.24. The Kier molecular flexibility index (Phi) is 4.50. The first-order chi connectivity index (χ1) is 7.59. The van der Waals surface area contributed by atoms with Gasteiger partial charge in [0.25, 0.3) is 11.1 Å². The summed E-state index contributed by atoms with van der Waals surface area (Å²) in [6.45, 7) is 0.411. The molecule has 0 aliphatic carbocycles. The largest absolute Gasteiger partial charge is 0.481 e. The van der Waals surface area contributed by atoms with Gasteiger partial charge >= 0.3 is 5.97 Å². The molecule has 6 heteroatoms. The second-order valence-electron chi connectivity index (χ2n) is 3.50. The molecule has 88 valence electrons. The van der Waals surface area contributed by atoms with E-state index in [9.17, 15) is 14.4 Å². The predicted octanol–water partition coefficient (Wildman–Crippen LogP) is 0.182. The molecule has 0 unspecified atom stereocenters. The monoisotopic (exact) mass is 226 g/mol.